The first-order chi connectivity index (χ1) is 12.1. The van der Waals surface area contributed by atoms with Gasteiger partial charge in [-0.25, -0.2) is 4.98 Å². The van der Waals surface area contributed by atoms with Crippen LogP contribution < -0.4 is 10.9 Å². The lowest BCUT2D eigenvalue weighted by Crippen LogP contribution is -2.34. The molecule has 0 aliphatic rings. The highest BCUT2D eigenvalue weighted by Gasteiger charge is 2.19. The minimum Gasteiger partial charge on any atom is -0.345 e. The highest BCUT2D eigenvalue weighted by Crippen LogP contribution is 2.17. The average Bonchev–Trinajstić information content (AvgIpc) is 3.09. The fourth-order valence-electron chi connectivity index (χ4n) is 2.63. The minimum absolute atomic E-state index is 0.350. The van der Waals surface area contributed by atoms with Gasteiger partial charge < -0.3 is 10.3 Å². The Balaban J connectivity index is 1.63. The van der Waals surface area contributed by atoms with Crippen LogP contribution in [0.2, 0.25) is 0 Å². The summed E-state index contributed by atoms with van der Waals surface area (Å²) in [5.41, 5.74) is 2.38. The number of imidazole rings is 1. The maximum Gasteiger partial charge on any atom is 0.278 e. The summed E-state index contributed by atoms with van der Waals surface area (Å²) in [6.45, 7) is 1.61. The molecule has 2 aromatic carbocycles. The molecule has 8 nitrogen and oxygen atoms in total. The third-order valence-electron chi connectivity index (χ3n) is 4.03. The molecule has 4 aromatic rings. The Labute approximate surface area is 141 Å². The van der Waals surface area contributed by atoms with Crippen LogP contribution in [0.3, 0.4) is 0 Å². The lowest BCUT2D eigenvalue weighted by Gasteiger charge is -2.13. The van der Waals surface area contributed by atoms with Crippen molar-refractivity contribution in [3.8, 4) is 0 Å². The second-order valence-corrected chi connectivity index (χ2v) is 5.66. The van der Waals surface area contributed by atoms with E-state index in [1.54, 1.807) is 55.7 Å². The van der Waals surface area contributed by atoms with Crippen molar-refractivity contribution >= 4 is 33.5 Å². The van der Waals surface area contributed by atoms with Gasteiger partial charge in [0.1, 0.15) is 11.6 Å². The minimum atomic E-state index is -0.804. The topological polar surface area (TPSA) is 106 Å². The normalized spacial score (nSPS) is 12.4. The van der Waals surface area contributed by atoms with Gasteiger partial charge in [0.15, 0.2) is 0 Å². The van der Waals surface area contributed by atoms with Crippen LogP contribution >= 0.6 is 0 Å². The van der Waals surface area contributed by atoms with Crippen molar-refractivity contribution in [2.75, 3.05) is 5.32 Å². The monoisotopic (exact) mass is 334 g/mol. The van der Waals surface area contributed by atoms with E-state index in [2.05, 4.69) is 25.6 Å². The molecule has 1 amide bonds. The number of rotatable bonds is 3. The largest absolute Gasteiger partial charge is 0.345 e. The van der Waals surface area contributed by atoms with E-state index < -0.39 is 6.04 Å². The molecule has 0 aliphatic heterocycles. The molecule has 25 heavy (non-hydrogen) atoms. The lowest BCUT2D eigenvalue weighted by atomic mass is 10.2. The lowest BCUT2D eigenvalue weighted by molar-refractivity contribution is -0.119. The smallest absolute Gasteiger partial charge is 0.278 e. The summed E-state index contributed by atoms with van der Waals surface area (Å²) in [6, 6.07) is 11.4. The first-order valence-electron chi connectivity index (χ1n) is 7.72. The maximum atomic E-state index is 12.5. The van der Waals surface area contributed by atoms with Gasteiger partial charge in [-0.2, -0.15) is 4.68 Å². The Morgan fingerprint density at radius 2 is 2.04 bits per heavy atom. The Kier molecular flexibility index (Phi) is 3.50. The number of benzene rings is 2. The number of nitrogens with zero attached hydrogens (tertiary/aromatic N) is 4. The molecule has 0 aliphatic carbocycles. The number of aromatic nitrogens is 5. The number of H-pyrrole nitrogens is 1. The van der Waals surface area contributed by atoms with E-state index in [1.165, 1.54) is 0 Å². The van der Waals surface area contributed by atoms with Crippen molar-refractivity contribution in [2.45, 2.75) is 13.0 Å². The van der Waals surface area contributed by atoms with Crippen molar-refractivity contribution in [1.29, 1.82) is 0 Å². The number of anilines is 1. The average molecular weight is 334 g/mol. The summed E-state index contributed by atoms with van der Waals surface area (Å²) < 4.78 is 1.09. The number of hydrogen-bond donors (Lipinski definition) is 2. The summed E-state index contributed by atoms with van der Waals surface area (Å²) in [7, 11) is 0. The Hall–Kier alpha value is -3.55. The van der Waals surface area contributed by atoms with Crippen LogP contribution in [-0.4, -0.2) is 30.9 Å². The first kappa shape index (κ1) is 15.0. The molecule has 0 spiro atoms. The van der Waals surface area contributed by atoms with Gasteiger partial charge in [-0.05, 0) is 37.3 Å². The molecule has 2 N–H and O–H groups in total. The fourth-order valence-corrected chi connectivity index (χ4v) is 2.63. The van der Waals surface area contributed by atoms with E-state index in [-0.39, 0.29) is 11.5 Å². The van der Waals surface area contributed by atoms with Gasteiger partial charge in [0.2, 0.25) is 5.91 Å². The number of fused-ring (bicyclic) bond motifs is 2. The van der Waals surface area contributed by atoms with Crippen LogP contribution in [0.1, 0.15) is 13.0 Å². The van der Waals surface area contributed by atoms with E-state index in [0.29, 0.717) is 16.6 Å². The van der Waals surface area contributed by atoms with Crippen molar-refractivity contribution in [2.24, 2.45) is 0 Å². The molecule has 2 heterocycles. The summed E-state index contributed by atoms with van der Waals surface area (Å²) in [6.07, 6.45) is 1.59. The zero-order valence-electron chi connectivity index (χ0n) is 13.3. The summed E-state index contributed by atoms with van der Waals surface area (Å²) in [4.78, 5) is 32.2. The van der Waals surface area contributed by atoms with Gasteiger partial charge in [0.25, 0.3) is 5.56 Å². The van der Waals surface area contributed by atoms with E-state index in [9.17, 15) is 9.59 Å². The van der Waals surface area contributed by atoms with E-state index >= 15 is 0 Å². The predicted octanol–water partition coefficient (Wildman–Crippen LogP) is 1.87. The zero-order valence-corrected chi connectivity index (χ0v) is 13.3. The summed E-state index contributed by atoms with van der Waals surface area (Å²) in [5, 5.41) is 11.1. The van der Waals surface area contributed by atoms with Crippen LogP contribution in [0.15, 0.2) is 53.6 Å². The second-order valence-electron chi connectivity index (χ2n) is 5.66. The number of amides is 1. The van der Waals surface area contributed by atoms with Gasteiger partial charge in [0, 0.05) is 5.69 Å². The standard InChI is InChI=1S/C17H14N6O2/c1-10(23-17(25)12-4-2-3-5-13(12)21-22-23)16(24)20-11-6-7-14-15(8-11)19-9-18-14/h2-10H,1H3,(H,18,19)(H,20,24). The number of carbonyl (C=O) groups is 1. The Morgan fingerprint density at radius 3 is 2.92 bits per heavy atom. The van der Waals surface area contributed by atoms with Crippen LogP contribution in [-0.2, 0) is 4.79 Å². The Morgan fingerprint density at radius 1 is 1.20 bits per heavy atom. The van der Waals surface area contributed by atoms with Gasteiger partial charge in [-0.1, -0.05) is 17.3 Å². The van der Waals surface area contributed by atoms with Gasteiger partial charge in [-0.3, -0.25) is 9.59 Å². The first-order valence-corrected chi connectivity index (χ1v) is 7.72. The number of aromatic amines is 1. The maximum absolute atomic E-state index is 12.5. The van der Waals surface area contributed by atoms with Crippen molar-refractivity contribution in [3.63, 3.8) is 0 Å². The van der Waals surface area contributed by atoms with Crippen molar-refractivity contribution < 1.29 is 4.79 Å². The highest BCUT2D eigenvalue weighted by atomic mass is 16.2. The van der Waals surface area contributed by atoms with Crippen molar-refractivity contribution in [3.05, 3.63) is 59.1 Å². The SMILES string of the molecule is CC(C(=O)Nc1ccc2nc[nH]c2c1)n1nnc2ccccc2c1=O. The second kappa shape index (κ2) is 5.82. The molecular weight excluding hydrogens is 320 g/mol. The van der Waals surface area contributed by atoms with Gasteiger partial charge in [0.05, 0.1) is 22.7 Å². The fraction of sp³-hybridized carbons (Fsp3) is 0.118. The van der Waals surface area contributed by atoms with Crippen LogP contribution in [0.5, 0.6) is 0 Å². The number of nitrogens with one attached hydrogen (secondary N) is 2. The zero-order chi connectivity index (χ0) is 17.4. The Bertz CT molecular complexity index is 1150. The molecule has 2 aromatic heterocycles. The molecule has 124 valence electrons. The molecule has 0 saturated heterocycles. The van der Waals surface area contributed by atoms with E-state index in [4.69, 9.17) is 0 Å². The molecule has 8 heteroatoms. The molecule has 0 bridgehead atoms. The van der Waals surface area contributed by atoms with Crippen molar-refractivity contribution in [1.82, 2.24) is 25.0 Å². The molecule has 0 fully saturated rings. The molecular formula is C17H14N6O2. The quantitative estimate of drug-likeness (QED) is 0.595. The van der Waals surface area contributed by atoms with Crippen LogP contribution in [0, 0.1) is 0 Å². The molecule has 1 atom stereocenters. The van der Waals surface area contributed by atoms with Crippen LogP contribution in [0.4, 0.5) is 5.69 Å². The molecule has 0 saturated carbocycles. The molecule has 4 rings (SSSR count). The summed E-state index contributed by atoms with van der Waals surface area (Å²) in [5.74, 6) is -0.356. The third kappa shape index (κ3) is 2.63. The van der Waals surface area contributed by atoms with E-state index in [0.717, 1.165) is 15.7 Å². The van der Waals surface area contributed by atoms with E-state index in [1.807, 2.05) is 0 Å². The summed E-state index contributed by atoms with van der Waals surface area (Å²) >= 11 is 0. The number of hydrogen-bond acceptors (Lipinski definition) is 5. The van der Waals surface area contributed by atoms with Crippen LogP contribution in [0.25, 0.3) is 21.9 Å². The van der Waals surface area contributed by atoms with Gasteiger partial charge in [-0.15, -0.1) is 5.10 Å². The highest BCUT2D eigenvalue weighted by molar-refractivity contribution is 5.95. The molecule has 1 unspecified atom stereocenters. The third-order valence-corrected chi connectivity index (χ3v) is 4.03. The predicted molar refractivity (Wildman–Crippen MR) is 93.2 cm³/mol. The molecule has 0 radical (unpaired) electrons. The van der Waals surface area contributed by atoms with Gasteiger partial charge >= 0.3 is 0 Å². The number of carbonyl (C=O) groups excluding carboxylic acids is 1.